The monoisotopic (exact) mass is 317 g/mol. The van der Waals surface area contributed by atoms with Gasteiger partial charge in [0.2, 0.25) is 10.0 Å². The summed E-state index contributed by atoms with van der Waals surface area (Å²) in [6, 6.07) is 1.85. The molecule has 0 aliphatic rings. The van der Waals surface area contributed by atoms with Crippen LogP contribution in [0.25, 0.3) is 0 Å². The molecule has 5 nitrogen and oxygen atoms in total. The van der Waals surface area contributed by atoms with E-state index in [1.54, 1.807) is 0 Å². The summed E-state index contributed by atoms with van der Waals surface area (Å²) in [5.74, 6) is 5.71. The van der Waals surface area contributed by atoms with Crippen LogP contribution in [0.5, 0.6) is 0 Å². The summed E-state index contributed by atoms with van der Waals surface area (Å²) in [5, 5.41) is 10.5. The topological polar surface area (TPSA) is 75.6 Å². The number of thiophene rings is 1. The molecule has 7 heteroatoms. The molecule has 1 rings (SSSR count). The molecule has 112 valence electrons. The van der Waals surface area contributed by atoms with Gasteiger partial charge in [0.15, 0.2) is 0 Å². The smallest absolute Gasteiger partial charge is 0.214 e. The van der Waals surface area contributed by atoms with Gasteiger partial charge in [-0.3, -0.25) is 0 Å². The molecule has 0 spiro atoms. The average Bonchev–Trinajstić information content (AvgIpc) is 2.85. The van der Waals surface area contributed by atoms with Crippen LogP contribution in [-0.2, 0) is 21.3 Å². The fourth-order valence-corrected chi connectivity index (χ4v) is 3.07. The summed E-state index contributed by atoms with van der Waals surface area (Å²) < 4.78 is 31.0. The van der Waals surface area contributed by atoms with Crippen LogP contribution in [0.4, 0.5) is 0 Å². The Kier molecular flexibility index (Phi) is 7.80. The maximum atomic E-state index is 11.7. The number of aliphatic hydroxyl groups is 1. The second-order valence-corrected chi connectivity index (χ2v) is 6.80. The van der Waals surface area contributed by atoms with Crippen LogP contribution in [0.1, 0.15) is 23.8 Å². The van der Waals surface area contributed by atoms with Crippen LogP contribution in [0.3, 0.4) is 0 Å². The molecule has 1 aromatic rings. The van der Waals surface area contributed by atoms with Gasteiger partial charge in [0.25, 0.3) is 0 Å². The van der Waals surface area contributed by atoms with E-state index in [2.05, 4.69) is 16.6 Å². The Morgan fingerprint density at radius 2 is 2.30 bits per heavy atom. The molecule has 1 heterocycles. The molecular formula is C13H19NO4S2. The van der Waals surface area contributed by atoms with E-state index in [4.69, 9.17) is 9.84 Å². The normalized spacial score (nSPS) is 11.1. The summed E-state index contributed by atoms with van der Waals surface area (Å²) in [6.07, 6.45) is 0.412. The van der Waals surface area contributed by atoms with E-state index in [0.29, 0.717) is 13.0 Å². The fraction of sp³-hybridized carbons (Fsp3) is 0.538. The Morgan fingerprint density at radius 3 is 3.00 bits per heavy atom. The lowest BCUT2D eigenvalue weighted by Gasteiger charge is -2.06. The van der Waals surface area contributed by atoms with Crippen molar-refractivity contribution < 1.29 is 18.3 Å². The highest BCUT2D eigenvalue weighted by molar-refractivity contribution is 7.89. The molecule has 0 atom stereocenters. The molecule has 2 N–H and O–H groups in total. The predicted molar refractivity (Wildman–Crippen MR) is 80.0 cm³/mol. The Morgan fingerprint density at radius 1 is 1.50 bits per heavy atom. The minimum Gasteiger partial charge on any atom is -0.395 e. The van der Waals surface area contributed by atoms with Crippen molar-refractivity contribution >= 4 is 21.4 Å². The van der Waals surface area contributed by atoms with E-state index in [1.165, 1.54) is 11.3 Å². The zero-order valence-electron chi connectivity index (χ0n) is 11.4. The van der Waals surface area contributed by atoms with Gasteiger partial charge in [-0.15, -0.1) is 11.3 Å². The Hall–Kier alpha value is -0.910. The fourth-order valence-electron chi connectivity index (χ4n) is 1.36. The van der Waals surface area contributed by atoms with Crippen molar-refractivity contribution in [3.63, 3.8) is 0 Å². The summed E-state index contributed by atoms with van der Waals surface area (Å²) in [7, 11) is -3.33. The molecule has 0 amide bonds. The van der Waals surface area contributed by atoms with Crippen LogP contribution in [-0.4, -0.2) is 39.1 Å². The van der Waals surface area contributed by atoms with E-state index < -0.39 is 10.0 Å². The number of hydrogen-bond donors (Lipinski definition) is 2. The Balaban J connectivity index is 2.54. The van der Waals surface area contributed by atoms with Crippen LogP contribution in [0, 0.1) is 11.8 Å². The molecule has 0 saturated heterocycles. The first kappa shape index (κ1) is 17.1. The molecule has 0 radical (unpaired) electrons. The molecule has 0 aliphatic heterocycles. The lowest BCUT2D eigenvalue weighted by molar-refractivity contribution is 0.163. The van der Waals surface area contributed by atoms with Crippen molar-refractivity contribution in [2.45, 2.75) is 19.9 Å². The van der Waals surface area contributed by atoms with E-state index in [-0.39, 0.29) is 25.5 Å². The quantitative estimate of drug-likeness (QED) is 0.553. The van der Waals surface area contributed by atoms with Crippen molar-refractivity contribution in [2.24, 2.45) is 0 Å². The van der Waals surface area contributed by atoms with Crippen LogP contribution in [0.15, 0.2) is 11.4 Å². The predicted octanol–water partition coefficient (Wildman–Crippen LogP) is 0.938. The van der Waals surface area contributed by atoms with Gasteiger partial charge in [0.05, 0.1) is 19.0 Å². The largest absolute Gasteiger partial charge is 0.395 e. The summed E-state index contributed by atoms with van der Waals surface area (Å²) >= 11 is 1.45. The highest BCUT2D eigenvalue weighted by Gasteiger charge is 2.11. The SMILES string of the molecule is CCOCCS(=O)(=O)NCc1sccc1C#CCCO. The van der Waals surface area contributed by atoms with Gasteiger partial charge in [-0.25, -0.2) is 13.1 Å². The first-order valence-corrected chi connectivity index (χ1v) is 8.83. The Bertz CT molecular complexity index is 554. The maximum absolute atomic E-state index is 11.7. The second-order valence-electron chi connectivity index (χ2n) is 3.87. The summed E-state index contributed by atoms with van der Waals surface area (Å²) in [5.41, 5.74) is 0.802. The van der Waals surface area contributed by atoms with Crippen LogP contribution in [0.2, 0.25) is 0 Å². The molecule has 20 heavy (non-hydrogen) atoms. The van der Waals surface area contributed by atoms with Crippen LogP contribution < -0.4 is 4.72 Å². The van der Waals surface area contributed by atoms with E-state index in [9.17, 15) is 8.42 Å². The van der Waals surface area contributed by atoms with Gasteiger partial charge in [-0.2, -0.15) is 0 Å². The number of ether oxygens (including phenoxy) is 1. The van der Waals surface area contributed by atoms with Crippen molar-refractivity contribution in [1.29, 1.82) is 0 Å². The number of hydrogen-bond acceptors (Lipinski definition) is 5. The van der Waals surface area contributed by atoms with Crippen molar-refractivity contribution in [3.8, 4) is 11.8 Å². The third-order valence-corrected chi connectivity index (χ3v) is 4.57. The minimum atomic E-state index is -3.33. The van der Waals surface area contributed by atoms with Gasteiger partial charge in [-0.1, -0.05) is 11.8 Å². The zero-order valence-corrected chi connectivity index (χ0v) is 13.0. The number of rotatable bonds is 8. The van der Waals surface area contributed by atoms with Crippen molar-refractivity contribution in [1.82, 2.24) is 4.72 Å². The van der Waals surface area contributed by atoms with E-state index in [1.807, 2.05) is 18.4 Å². The molecular weight excluding hydrogens is 298 g/mol. The van der Waals surface area contributed by atoms with Gasteiger partial charge < -0.3 is 9.84 Å². The number of aliphatic hydroxyl groups excluding tert-OH is 1. The molecule has 0 fully saturated rings. The summed E-state index contributed by atoms with van der Waals surface area (Å²) in [4.78, 5) is 0.871. The number of sulfonamides is 1. The lowest BCUT2D eigenvalue weighted by Crippen LogP contribution is -2.28. The third kappa shape index (κ3) is 6.50. The van der Waals surface area contributed by atoms with Gasteiger partial charge in [-0.05, 0) is 18.4 Å². The lowest BCUT2D eigenvalue weighted by atomic mass is 10.2. The average molecular weight is 317 g/mol. The maximum Gasteiger partial charge on any atom is 0.214 e. The molecule has 0 unspecified atom stereocenters. The second kappa shape index (κ2) is 9.10. The highest BCUT2D eigenvalue weighted by atomic mass is 32.2. The van der Waals surface area contributed by atoms with Crippen LogP contribution >= 0.6 is 11.3 Å². The standard InChI is InChI=1S/C13H19NO4S2/c1-2-18-8-10-20(16,17)14-11-13-12(6-9-19-13)5-3-4-7-15/h6,9,14-15H,2,4,7-8,10-11H2,1H3. The minimum absolute atomic E-state index is 0.0243. The first-order valence-electron chi connectivity index (χ1n) is 6.30. The highest BCUT2D eigenvalue weighted by Crippen LogP contribution is 2.15. The zero-order chi connectivity index (χ0) is 14.8. The molecule has 0 aromatic carbocycles. The number of nitrogens with one attached hydrogen (secondary N) is 1. The first-order chi connectivity index (χ1) is 9.59. The van der Waals surface area contributed by atoms with Gasteiger partial charge >= 0.3 is 0 Å². The van der Waals surface area contributed by atoms with Gasteiger partial charge in [0, 0.05) is 30.0 Å². The summed E-state index contributed by atoms with van der Waals surface area (Å²) in [6.45, 7) is 2.78. The van der Waals surface area contributed by atoms with Crippen molar-refractivity contribution in [2.75, 3.05) is 25.6 Å². The molecule has 1 aromatic heterocycles. The van der Waals surface area contributed by atoms with E-state index >= 15 is 0 Å². The third-order valence-electron chi connectivity index (χ3n) is 2.36. The van der Waals surface area contributed by atoms with Gasteiger partial charge in [0.1, 0.15) is 0 Å². The molecule has 0 saturated carbocycles. The Labute approximate surface area is 124 Å². The van der Waals surface area contributed by atoms with E-state index in [0.717, 1.165) is 10.4 Å². The molecule has 0 bridgehead atoms. The van der Waals surface area contributed by atoms with Crippen molar-refractivity contribution in [3.05, 3.63) is 21.9 Å². The molecule has 0 aliphatic carbocycles.